The van der Waals surface area contributed by atoms with Gasteiger partial charge >= 0.3 is 12.0 Å². The quantitative estimate of drug-likeness (QED) is 0.358. The minimum absolute atomic E-state index is 0.0507. The molecule has 2 amide bonds. The standard InChI is InChI=1S/C25H32F2N2O6/c1-3-34-22(23(30)31)17-19-9-11-21(12-10-19)35-16-14-29(13-15-33-18-25(2,26)27)24(32)28-20-7-5-4-6-8-20/h4-12,22H,3,13-18H2,1-2H3,(H,28,32)(H,30,31). The lowest BCUT2D eigenvalue weighted by molar-refractivity contribution is -0.149. The van der Waals surface area contributed by atoms with Gasteiger partial charge in [-0.2, -0.15) is 0 Å². The molecule has 2 rings (SSSR count). The summed E-state index contributed by atoms with van der Waals surface area (Å²) in [5.74, 6) is -3.42. The van der Waals surface area contributed by atoms with E-state index in [0.29, 0.717) is 18.0 Å². The summed E-state index contributed by atoms with van der Waals surface area (Å²) in [5, 5.41) is 12.0. The van der Waals surface area contributed by atoms with E-state index in [1.807, 2.05) is 6.07 Å². The van der Waals surface area contributed by atoms with E-state index in [4.69, 9.17) is 14.2 Å². The van der Waals surface area contributed by atoms with Crippen molar-refractivity contribution in [3.8, 4) is 5.75 Å². The zero-order valence-corrected chi connectivity index (χ0v) is 19.9. The van der Waals surface area contributed by atoms with Crippen LogP contribution in [0.1, 0.15) is 19.4 Å². The van der Waals surface area contributed by atoms with Crippen LogP contribution < -0.4 is 10.1 Å². The van der Waals surface area contributed by atoms with Crippen LogP contribution in [0.3, 0.4) is 0 Å². The number of carboxylic acids is 1. The van der Waals surface area contributed by atoms with Crippen molar-refractivity contribution in [2.75, 3.05) is 44.8 Å². The third kappa shape index (κ3) is 11.2. The number of nitrogens with one attached hydrogen (secondary N) is 1. The van der Waals surface area contributed by atoms with Gasteiger partial charge in [0, 0.05) is 32.2 Å². The van der Waals surface area contributed by atoms with Crippen molar-refractivity contribution >= 4 is 17.7 Å². The van der Waals surface area contributed by atoms with Gasteiger partial charge in [0.1, 0.15) is 19.0 Å². The molecule has 0 aromatic heterocycles. The van der Waals surface area contributed by atoms with Crippen LogP contribution >= 0.6 is 0 Å². The van der Waals surface area contributed by atoms with Crippen molar-refractivity contribution in [3.63, 3.8) is 0 Å². The molecular formula is C25H32F2N2O6. The number of ether oxygens (including phenoxy) is 3. The van der Waals surface area contributed by atoms with Crippen molar-refractivity contribution in [3.05, 3.63) is 60.2 Å². The summed E-state index contributed by atoms with van der Waals surface area (Å²) >= 11 is 0. The van der Waals surface area contributed by atoms with E-state index < -0.39 is 30.6 Å². The Morgan fingerprint density at radius 2 is 1.71 bits per heavy atom. The minimum atomic E-state index is -2.94. The number of rotatable bonds is 15. The third-order valence-electron chi connectivity index (χ3n) is 4.79. The van der Waals surface area contributed by atoms with Crippen LogP contribution in [0, 0.1) is 0 Å². The second-order valence-corrected chi connectivity index (χ2v) is 7.88. The molecule has 192 valence electrons. The highest BCUT2D eigenvalue weighted by molar-refractivity contribution is 5.89. The number of benzene rings is 2. The minimum Gasteiger partial charge on any atom is -0.492 e. The summed E-state index contributed by atoms with van der Waals surface area (Å²) < 4.78 is 41.9. The first-order valence-electron chi connectivity index (χ1n) is 11.3. The van der Waals surface area contributed by atoms with E-state index >= 15 is 0 Å². The van der Waals surface area contributed by atoms with Crippen molar-refractivity contribution in [1.82, 2.24) is 4.90 Å². The van der Waals surface area contributed by atoms with Gasteiger partial charge in [-0.25, -0.2) is 18.4 Å². The van der Waals surface area contributed by atoms with E-state index in [2.05, 4.69) is 5.32 Å². The first-order chi connectivity index (χ1) is 16.7. The van der Waals surface area contributed by atoms with E-state index in [1.54, 1.807) is 55.5 Å². The van der Waals surface area contributed by atoms with Crippen LogP contribution in [0.25, 0.3) is 0 Å². The van der Waals surface area contributed by atoms with Crippen LogP contribution in [-0.4, -0.2) is 73.6 Å². The number of carbonyl (C=O) groups is 2. The molecule has 1 unspecified atom stereocenters. The van der Waals surface area contributed by atoms with E-state index in [1.165, 1.54) is 4.90 Å². The Kier molecular flexibility index (Phi) is 11.4. The number of aliphatic carboxylic acids is 1. The Labute approximate surface area is 203 Å². The fourth-order valence-corrected chi connectivity index (χ4v) is 3.09. The maximum atomic E-state index is 13.0. The highest BCUT2D eigenvalue weighted by Crippen LogP contribution is 2.15. The Hall–Kier alpha value is -3.24. The van der Waals surface area contributed by atoms with Crippen molar-refractivity contribution < 1.29 is 37.7 Å². The second-order valence-electron chi connectivity index (χ2n) is 7.88. The van der Waals surface area contributed by atoms with Crippen LogP contribution in [0.4, 0.5) is 19.3 Å². The first kappa shape index (κ1) is 28.0. The second kappa shape index (κ2) is 14.2. The molecule has 0 bridgehead atoms. The van der Waals surface area contributed by atoms with Gasteiger partial charge in [0.15, 0.2) is 6.10 Å². The van der Waals surface area contributed by atoms with E-state index in [9.17, 15) is 23.5 Å². The molecule has 0 heterocycles. The number of nitrogens with zero attached hydrogens (tertiary/aromatic N) is 1. The van der Waals surface area contributed by atoms with Crippen LogP contribution in [0.2, 0.25) is 0 Å². The molecule has 0 saturated heterocycles. The van der Waals surface area contributed by atoms with Crippen molar-refractivity contribution in [2.24, 2.45) is 0 Å². The molecule has 10 heteroatoms. The molecule has 2 aromatic rings. The number of halogens is 2. The number of carbonyl (C=O) groups excluding carboxylic acids is 1. The predicted molar refractivity (Wildman–Crippen MR) is 127 cm³/mol. The first-order valence-corrected chi connectivity index (χ1v) is 11.3. The topological polar surface area (TPSA) is 97.3 Å². The zero-order valence-electron chi connectivity index (χ0n) is 19.9. The summed E-state index contributed by atoms with van der Waals surface area (Å²) in [6.45, 7) is 2.48. The van der Waals surface area contributed by atoms with Gasteiger partial charge in [-0.05, 0) is 36.8 Å². The number of carboxylic acid groups (broad SMARTS) is 1. The summed E-state index contributed by atoms with van der Waals surface area (Å²) in [6, 6.07) is 15.4. The Balaban J connectivity index is 1.90. The summed E-state index contributed by atoms with van der Waals surface area (Å²) in [7, 11) is 0. The zero-order chi connectivity index (χ0) is 25.7. The van der Waals surface area contributed by atoms with E-state index in [0.717, 1.165) is 12.5 Å². The fraction of sp³-hybridized carbons (Fsp3) is 0.440. The number of alkyl halides is 2. The van der Waals surface area contributed by atoms with Gasteiger partial charge in [-0.1, -0.05) is 30.3 Å². The normalized spacial score (nSPS) is 12.1. The maximum Gasteiger partial charge on any atom is 0.333 e. The van der Waals surface area contributed by atoms with Crippen molar-refractivity contribution in [2.45, 2.75) is 32.3 Å². The largest absolute Gasteiger partial charge is 0.492 e. The molecule has 0 aliphatic rings. The molecule has 0 radical (unpaired) electrons. The summed E-state index contributed by atoms with van der Waals surface area (Å²) in [4.78, 5) is 25.4. The monoisotopic (exact) mass is 494 g/mol. The summed E-state index contributed by atoms with van der Waals surface area (Å²) in [6.07, 6.45) is -0.688. The molecule has 1 atom stereocenters. The highest BCUT2D eigenvalue weighted by atomic mass is 19.3. The maximum absolute atomic E-state index is 13.0. The molecule has 35 heavy (non-hydrogen) atoms. The molecule has 0 saturated carbocycles. The Morgan fingerprint density at radius 3 is 2.31 bits per heavy atom. The van der Waals surface area contributed by atoms with Crippen LogP contribution in [0.15, 0.2) is 54.6 Å². The molecule has 0 aliphatic heterocycles. The number of amides is 2. The average Bonchev–Trinajstić information content (AvgIpc) is 2.81. The lowest BCUT2D eigenvalue weighted by atomic mass is 10.1. The number of anilines is 1. The molecule has 0 aliphatic carbocycles. The predicted octanol–water partition coefficient (Wildman–Crippen LogP) is 4.30. The molecular weight excluding hydrogens is 462 g/mol. The summed E-state index contributed by atoms with van der Waals surface area (Å²) in [5.41, 5.74) is 1.39. The number of urea groups is 1. The Bertz CT molecular complexity index is 906. The van der Waals surface area contributed by atoms with Crippen LogP contribution in [-0.2, 0) is 20.7 Å². The lowest BCUT2D eigenvalue weighted by Crippen LogP contribution is -2.40. The average molecular weight is 495 g/mol. The lowest BCUT2D eigenvalue weighted by Gasteiger charge is -2.23. The SMILES string of the molecule is CCOC(Cc1ccc(OCCN(CCOCC(C)(F)F)C(=O)Nc2ccccc2)cc1)C(=O)O. The van der Waals surface area contributed by atoms with Gasteiger partial charge < -0.3 is 29.5 Å². The van der Waals surface area contributed by atoms with Gasteiger partial charge in [0.05, 0.1) is 13.2 Å². The van der Waals surface area contributed by atoms with E-state index in [-0.39, 0.29) is 32.7 Å². The molecule has 0 fully saturated rings. The molecule has 0 spiro atoms. The van der Waals surface area contributed by atoms with Crippen LogP contribution in [0.5, 0.6) is 5.75 Å². The highest BCUT2D eigenvalue weighted by Gasteiger charge is 2.22. The number of para-hydroxylation sites is 1. The Morgan fingerprint density at radius 1 is 1.06 bits per heavy atom. The van der Waals surface area contributed by atoms with Crippen molar-refractivity contribution in [1.29, 1.82) is 0 Å². The van der Waals surface area contributed by atoms with Gasteiger partial charge in [-0.15, -0.1) is 0 Å². The number of hydrogen-bond acceptors (Lipinski definition) is 5. The van der Waals surface area contributed by atoms with Gasteiger partial charge in [-0.3, -0.25) is 0 Å². The third-order valence-corrected chi connectivity index (χ3v) is 4.79. The fourth-order valence-electron chi connectivity index (χ4n) is 3.09. The molecule has 2 N–H and O–H groups in total. The van der Waals surface area contributed by atoms with Gasteiger partial charge in [0.2, 0.25) is 0 Å². The molecule has 2 aromatic carbocycles. The van der Waals surface area contributed by atoms with Gasteiger partial charge in [0.25, 0.3) is 5.92 Å². The number of hydrogen-bond donors (Lipinski definition) is 2. The smallest absolute Gasteiger partial charge is 0.333 e. The molecule has 8 nitrogen and oxygen atoms in total.